The topological polar surface area (TPSA) is 82.2 Å². The van der Waals surface area contributed by atoms with Crippen LogP contribution in [0.1, 0.15) is 27.7 Å². The predicted octanol–water partition coefficient (Wildman–Crippen LogP) is 4.16. The molecule has 0 unspecified atom stereocenters. The summed E-state index contributed by atoms with van der Waals surface area (Å²) in [5, 5.41) is 7.34. The van der Waals surface area contributed by atoms with Gasteiger partial charge in [0.25, 0.3) is 0 Å². The Morgan fingerprint density at radius 3 is 2.52 bits per heavy atom. The molecule has 0 spiro atoms. The van der Waals surface area contributed by atoms with E-state index < -0.39 is 0 Å². The zero-order valence-corrected chi connectivity index (χ0v) is 16.0. The molecule has 0 bridgehead atoms. The summed E-state index contributed by atoms with van der Waals surface area (Å²) >= 11 is 0. The molecule has 0 fully saturated rings. The zero-order chi connectivity index (χ0) is 19.4. The molecule has 1 aromatic carbocycles. The molecule has 27 heavy (non-hydrogen) atoms. The molecule has 7 nitrogen and oxygen atoms in total. The molecule has 0 aliphatic carbocycles. The summed E-state index contributed by atoms with van der Waals surface area (Å²) in [6.45, 7) is 8.37. The Bertz CT molecular complexity index is 881. The number of nitrogens with zero attached hydrogens (tertiary/aromatic N) is 3. The van der Waals surface area contributed by atoms with E-state index in [4.69, 9.17) is 9.15 Å². The lowest BCUT2D eigenvalue weighted by Crippen LogP contribution is -2.17. The number of carbonyl (C=O) groups excluding carboxylic acids is 1. The first-order valence-corrected chi connectivity index (χ1v) is 8.99. The molecule has 1 N–H and O–H groups in total. The van der Waals surface area contributed by atoms with Crippen LogP contribution in [0.15, 0.2) is 47.1 Å². The molecule has 7 heteroatoms. The van der Waals surface area contributed by atoms with E-state index in [1.54, 1.807) is 17.0 Å². The monoisotopic (exact) mass is 368 g/mol. The third kappa shape index (κ3) is 4.55. The summed E-state index contributed by atoms with van der Waals surface area (Å²) in [4.78, 5) is 16.3. The second-order valence-electron chi connectivity index (χ2n) is 7.00. The number of ether oxygens (including phenoxy) is 1. The summed E-state index contributed by atoms with van der Waals surface area (Å²) in [5.74, 6) is 1.42. The number of amides is 1. The first kappa shape index (κ1) is 18.7. The molecule has 2 aromatic heterocycles. The Morgan fingerprint density at radius 2 is 1.93 bits per heavy atom. The van der Waals surface area contributed by atoms with E-state index in [-0.39, 0.29) is 11.8 Å². The van der Waals surface area contributed by atoms with Gasteiger partial charge in [-0.3, -0.25) is 4.79 Å². The van der Waals surface area contributed by atoms with Crippen LogP contribution >= 0.6 is 0 Å². The number of nitrogens with one attached hydrogen (secondary N) is 1. The van der Waals surface area contributed by atoms with Crippen molar-refractivity contribution in [3.8, 4) is 23.3 Å². The van der Waals surface area contributed by atoms with E-state index in [0.29, 0.717) is 30.1 Å². The minimum absolute atomic E-state index is 0.0239. The number of furan rings is 1. The molecule has 3 aromatic rings. The molecule has 1 amide bonds. The molecule has 0 aliphatic rings. The van der Waals surface area contributed by atoms with Crippen LogP contribution in [-0.4, -0.2) is 27.3 Å². The highest BCUT2D eigenvalue weighted by Gasteiger charge is 2.17. The Kier molecular flexibility index (Phi) is 5.59. The van der Waals surface area contributed by atoms with Crippen LogP contribution in [-0.2, 0) is 4.79 Å². The second-order valence-corrected chi connectivity index (χ2v) is 7.00. The third-order valence-electron chi connectivity index (χ3n) is 3.78. The van der Waals surface area contributed by atoms with Crippen LogP contribution in [0.25, 0.3) is 17.3 Å². The van der Waals surface area contributed by atoms with Crippen molar-refractivity contribution in [1.82, 2.24) is 14.8 Å². The summed E-state index contributed by atoms with van der Waals surface area (Å²) in [5.41, 5.74) is 1.52. The van der Waals surface area contributed by atoms with Gasteiger partial charge in [0.15, 0.2) is 5.76 Å². The molecule has 2 heterocycles. The molecule has 0 saturated heterocycles. The van der Waals surface area contributed by atoms with Gasteiger partial charge in [-0.05, 0) is 42.3 Å². The van der Waals surface area contributed by atoms with E-state index in [9.17, 15) is 4.79 Å². The van der Waals surface area contributed by atoms with Crippen LogP contribution < -0.4 is 10.1 Å². The van der Waals surface area contributed by atoms with E-state index in [1.807, 2.05) is 44.2 Å². The van der Waals surface area contributed by atoms with Gasteiger partial charge >= 0.3 is 6.01 Å². The standard InChI is InChI=1S/C20H24N4O3/c1-13(2)12-27-20-22-18(17-6-5-11-26-17)24(23-20)16-9-7-15(8-10-16)21-19(25)14(3)4/h5-11,13-14H,12H2,1-4H3,(H,21,25). The largest absolute Gasteiger partial charge is 0.462 e. The van der Waals surface area contributed by atoms with Gasteiger partial charge in [-0.25, -0.2) is 4.68 Å². The number of benzene rings is 1. The fourth-order valence-corrected chi connectivity index (χ4v) is 2.31. The van der Waals surface area contributed by atoms with Crippen LogP contribution in [0.4, 0.5) is 5.69 Å². The smallest absolute Gasteiger partial charge is 0.336 e. The van der Waals surface area contributed by atoms with Crippen LogP contribution in [0.2, 0.25) is 0 Å². The van der Waals surface area contributed by atoms with Gasteiger partial charge in [-0.2, -0.15) is 4.98 Å². The van der Waals surface area contributed by atoms with Crippen molar-refractivity contribution in [2.24, 2.45) is 11.8 Å². The summed E-state index contributed by atoms with van der Waals surface area (Å²) in [6.07, 6.45) is 1.59. The fourth-order valence-electron chi connectivity index (χ4n) is 2.31. The van der Waals surface area contributed by atoms with Crippen LogP contribution in [0, 0.1) is 11.8 Å². The SMILES string of the molecule is CC(C)COc1nc(-c2ccco2)n(-c2ccc(NC(=O)C(C)C)cc2)n1. The lowest BCUT2D eigenvalue weighted by molar-refractivity contribution is -0.118. The first-order chi connectivity index (χ1) is 12.9. The lowest BCUT2D eigenvalue weighted by atomic mass is 10.2. The lowest BCUT2D eigenvalue weighted by Gasteiger charge is -2.09. The van der Waals surface area contributed by atoms with Gasteiger partial charge in [0.1, 0.15) is 0 Å². The van der Waals surface area contributed by atoms with E-state index in [1.165, 1.54) is 0 Å². The van der Waals surface area contributed by atoms with Crippen molar-refractivity contribution >= 4 is 11.6 Å². The van der Waals surface area contributed by atoms with Crippen LogP contribution in [0.3, 0.4) is 0 Å². The van der Waals surface area contributed by atoms with Gasteiger partial charge in [0.05, 0.1) is 18.6 Å². The molecule has 0 aliphatic heterocycles. The van der Waals surface area contributed by atoms with Gasteiger partial charge in [-0.1, -0.05) is 27.7 Å². The van der Waals surface area contributed by atoms with Crippen molar-refractivity contribution in [3.05, 3.63) is 42.7 Å². The third-order valence-corrected chi connectivity index (χ3v) is 3.78. The summed E-state index contributed by atoms with van der Waals surface area (Å²) in [6, 6.07) is 11.3. The number of carbonyl (C=O) groups is 1. The Hall–Kier alpha value is -3.09. The van der Waals surface area contributed by atoms with Crippen LogP contribution in [0.5, 0.6) is 6.01 Å². The molecular weight excluding hydrogens is 344 g/mol. The summed E-state index contributed by atoms with van der Waals surface area (Å²) in [7, 11) is 0. The normalized spacial score (nSPS) is 11.2. The van der Waals surface area contributed by atoms with Crippen molar-refractivity contribution in [2.45, 2.75) is 27.7 Å². The minimum Gasteiger partial charge on any atom is -0.462 e. The Balaban J connectivity index is 1.89. The van der Waals surface area contributed by atoms with Gasteiger partial charge < -0.3 is 14.5 Å². The zero-order valence-electron chi connectivity index (χ0n) is 16.0. The maximum atomic E-state index is 11.8. The van der Waals surface area contributed by atoms with Gasteiger partial charge in [0.2, 0.25) is 11.7 Å². The molecule has 3 rings (SSSR count). The predicted molar refractivity (Wildman–Crippen MR) is 103 cm³/mol. The number of hydrogen-bond acceptors (Lipinski definition) is 5. The highest BCUT2D eigenvalue weighted by Crippen LogP contribution is 2.25. The van der Waals surface area contributed by atoms with Gasteiger partial charge in [0, 0.05) is 11.6 Å². The highest BCUT2D eigenvalue weighted by molar-refractivity contribution is 5.92. The Morgan fingerprint density at radius 1 is 1.19 bits per heavy atom. The molecule has 0 radical (unpaired) electrons. The average Bonchev–Trinajstić information content (AvgIpc) is 3.30. The second kappa shape index (κ2) is 8.07. The van der Waals surface area contributed by atoms with Crippen molar-refractivity contribution in [2.75, 3.05) is 11.9 Å². The van der Waals surface area contributed by atoms with Crippen molar-refractivity contribution in [1.29, 1.82) is 0 Å². The Labute approximate surface area is 158 Å². The first-order valence-electron chi connectivity index (χ1n) is 8.99. The van der Waals surface area contributed by atoms with E-state index >= 15 is 0 Å². The number of aromatic nitrogens is 3. The van der Waals surface area contributed by atoms with E-state index in [0.717, 1.165) is 11.4 Å². The van der Waals surface area contributed by atoms with Crippen molar-refractivity contribution in [3.63, 3.8) is 0 Å². The molecule has 0 saturated carbocycles. The molecule has 142 valence electrons. The average molecular weight is 368 g/mol. The number of hydrogen-bond donors (Lipinski definition) is 1. The maximum Gasteiger partial charge on any atom is 0.336 e. The van der Waals surface area contributed by atoms with Gasteiger partial charge in [-0.15, -0.1) is 5.10 Å². The van der Waals surface area contributed by atoms with E-state index in [2.05, 4.69) is 29.2 Å². The maximum absolute atomic E-state index is 11.8. The van der Waals surface area contributed by atoms with Crippen molar-refractivity contribution < 1.29 is 13.9 Å². The highest BCUT2D eigenvalue weighted by atomic mass is 16.5. The number of anilines is 1. The minimum atomic E-state index is -0.0776. The number of rotatable bonds is 7. The molecular formula is C20H24N4O3. The quantitative estimate of drug-likeness (QED) is 0.677. The summed E-state index contributed by atoms with van der Waals surface area (Å²) < 4.78 is 12.8. The molecule has 0 atom stereocenters. The fraction of sp³-hybridized carbons (Fsp3) is 0.350.